The molecule has 9 nitrogen and oxygen atoms in total. The third-order valence-corrected chi connectivity index (χ3v) is 7.67. The van der Waals surface area contributed by atoms with Crippen molar-refractivity contribution in [1.29, 1.82) is 0 Å². The van der Waals surface area contributed by atoms with Gasteiger partial charge in [0, 0.05) is 29.9 Å². The highest BCUT2D eigenvalue weighted by Crippen LogP contribution is 2.49. The number of rotatable bonds is 8. The number of benzene rings is 2. The fourth-order valence-electron chi connectivity index (χ4n) is 4.92. The van der Waals surface area contributed by atoms with Gasteiger partial charge in [-0.2, -0.15) is 0 Å². The molecule has 0 aliphatic carbocycles. The maximum absolute atomic E-state index is 13.7. The third-order valence-electron chi connectivity index (χ3n) is 6.78. The zero-order valence-corrected chi connectivity index (χ0v) is 23.0. The first-order valence-electron chi connectivity index (χ1n) is 12.8. The lowest BCUT2D eigenvalue weighted by molar-refractivity contribution is -0.139. The summed E-state index contributed by atoms with van der Waals surface area (Å²) in [5, 5.41) is 2.61. The smallest absolute Gasteiger partial charge is 0.338 e. The Labute approximate surface area is 232 Å². The molecule has 1 atom stereocenters. The molecule has 0 N–H and O–H groups in total. The van der Waals surface area contributed by atoms with Crippen LogP contribution >= 0.6 is 11.8 Å². The number of hydrogen-bond donors (Lipinski definition) is 0. The van der Waals surface area contributed by atoms with Gasteiger partial charge in [0.2, 0.25) is 5.91 Å². The lowest BCUT2D eigenvalue weighted by Gasteiger charge is -2.38. The van der Waals surface area contributed by atoms with Gasteiger partial charge in [-0.3, -0.25) is 4.79 Å². The Bertz CT molecular complexity index is 1330. The number of fused-ring (bicyclic) bond motifs is 1. The molecule has 0 bridgehead atoms. The minimum atomic E-state index is -0.671. The zero-order valence-electron chi connectivity index (χ0n) is 22.2. The van der Waals surface area contributed by atoms with E-state index in [4.69, 9.17) is 23.9 Å². The molecule has 3 aliphatic rings. The first kappa shape index (κ1) is 26.8. The van der Waals surface area contributed by atoms with Crippen molar-refractivity contribution in [2.45, 2.75) is 19.4 Å². The van der Waals surface area contributed by atoms with Gasteiger partial charge in [-0.25, -0.2) is 9.79 Å². The van der Waals surface area contributed by atoms with E-state index >= 15 is 0 Å². The summed E-state index contributed by atoms with van der Waals surface area (Å²) in [6.45, 7) is 4.14. The van der Waals surface area contributed by atoms with Gasteiger partial charge < -0.3 is 28.7 Å². The Morgan fingerprint density at radius 3 is 2.54 bits per heavy atom. The van der Waals surface area contributed by atoms with Crippen LogP contribution in [-0.2, 0) is 19.1 Å². The molecule has 1 fully saturated rings. The number of carbonyl (C=O) groups excluding carboxylic acids is 2. The maximum Gasteiger partial charge on any atom is 0.338 e. The predicted molar refractivity (Wildman–Crippen MR) is 149 cm³/mol. The van der Waals surface area contributed by atoms with E-state index in [-0.39, 0.29) is 18.9 Å². The van der Waals surface area contributed by atoms with Crippen LogP contribution in [0.2, 0.25) is 0 Å². The quantitative estimate of drug-likeness (QED) is 0.452. The van der Waals surface area contributed by atoms with Gasteiger partial charge >= 0.3 is 5.97 Å². The van der Waals surface area contributed by atoms with E-state index in [1.807, 2.05) is 63.7 Å². The molecular weight excluding hydrogens is 518 g/mol. The average molecular weight is 550 g/mol. The second kappa shape index (κ2) is 12.0. The summed E-state index contributed by atoms with van der Waals surface area (Å²) in [6, 6.07) is 14.4. The first-order chi connectivity index (χ1) is 19.0. The Hall–Kier alpha value is -3.76. The molecule has 0 aromatic heterocycles. The molecule has 0 saturated carbocycles. The zero-order chi connectivity index (χ0) is 27.4. The predicted octanol–water partition coefficient (Wildman–Crippen LogP) is 4.23. The van der Waals surface area contributed by atoms with E-state index in [0.717, 1.165) is 11.3 Å². The van der Waals surface area contributed by atoms with Crippen molar-refractivity contribution >= 4 is 34.5 Å². The fraction of sp³-hybridized carbons (Fsp3) is 0.345. The van der Waals surface area contributed by atoms with Crippen LogP contribution in [0.5, 0.6) is 11.5 Å². The topological polar surface area (TPSA) is 89.9 Å². The highest BCUT2D eigenvalue weighted by Gasteiger charge is 2.44. The number of amidine groups is 1. The second-order valence-corrected chi connectivity index (χ2v) is 9.86. The Balaban J connectivity index is 1.66. The van der Waals surface area contributed by atoms with E-state index in [0.29, 0.717) is 59.8 Å². The van der Waals surface area contributed by atoms with Crippen LogP contribution in [0.3, 0.4) is 0 Å². The van der Waals surface area contributed by atoms with Gasteiger partial charge in [0.25, 0.3) is 0 Å². The summed E-state index contributed by atoms with van der Waals surface area (Å²) >= 11 is 1.43. The molecule has 10 heteroatoms. The van der Waals surface area contributed by atoms with Gasteiger partial charge in [0.05, 0.1) is 57.8 Å². The van der Waals surface area contributed by atoms with Crippen LogP contribution in [0.1, 0.15) is 30.5 Å². The molecule has 204 valence electrons. The Kier molecular flexibility index (Phi) is 8.23. The first-order valence-corrected chi connectivity index (χ1v) is 13.7. The summed E-state index contributed by atoms with van der Waals surface area (Å²) < 4.78 is 22.3. The van der Waals surface area contributed by atoms with Crippen molar-refractivity contribution in [2.75, 3.05) is 47.1 Å². The van der Waals surface area contributed by atoms with E-state index in [1.165, 1.54) is 11.8 Å². The number of carbonyl (C=O) groups is 2. The summed E-state index contributed by atoms with van der Waals surface area (Å²) in [7, 11) is 3.18. The molecule has 2 aromatic rings. The number of thioether (sulfide) groups is 1. The van der Waals surface area contributed by atoms with Crippen molar-refractivity contribution in [3.8, 4) is 11.5 Å². The molecule has 0 unspecified atom stereocenters. The van der Waals surface area contributed by atoms with E-state index < -0.39 is 12.0 Å². The largest absolute Gasteiger partial charge is 0.497 e. The fourth-order valence-corrected chi connectivity index (χ4v) is 5.83. The monoisotopic (exact) mass is 549 g/mol. The SMILES string of the molecule is CCOC(=O)C1=C(c2ccccc2)N=C2SC=C(CC(=O)N3CCOCC3)N2[C@@H]1c1cc(OC)ccc1OC. The van der Waals surface area contributed by atoms with Crippen LogP contribution in [-0.4, -0.2) is 74.0 Å². The Morgan fingerprint density at radius 2 is 1.85 bits per heavy atom. The molecule has 3 aliphatic heterocycles. The number of esters is 1. The van der Waals surface area contributed by atoms with Crippen LogP contribution < -0.4 is 9.47 Å². The third kappa shape index (κ3) is 5.39. The summed E-state index contributed by atoms with van der Waals surface area (Å²) in [5.41, 5.74) is 3.13. The maximum atomic E-state index is 13.7. The average Bonchev–Trinajstić information content (AvgIpc) is 3.38. The number of amides is 1. The molecule has 39 heavy (non-hydrogen) atoms. The number of aliphatic imine (C=N–C) groups is 1. The van der Waals surface area contributed by atoms with Gasteiger partial charge in [0.15, 0.2) is 5.17 Å². The van der Waals surface area contributed by atoms with Crippen molar-refractivity contribution in [1.82, 2.24) is 9.80 Å². The molecule has 3 heterocycles. The molecule has 1 amide bonds. The highest BCUT2D eigenvalue weighted by molar-refractivity contribution is 8.16. The number of nitrogens with zero attached hydrogens (tertiary/aromatic N) is 3. The summed E-state index contributed by atoms with van der Waals surface area (Å²) in [5.74, 6) is 0.705. The van der Waals surface area contributed by atoms with Crippen molar-refractivity contribution in [2.24, 2.45) is 4.99 Å². The van der Waals surface area contributed by atoms with Crippen LogP contribution in [0, 0.1) is 0 Å². The number of hydrogen-bond acceptors (Lipinski definition) is 9. The minimum absolute atomic E-state index is 0.00159. The van der Waals surface area contributed by atoms with Crippen molar-refractivity contribution < 1.29 is 28.5 Å². The van der Waals surface area contributed by atoms with E-state index in [9.17, 15) is 9.59 Å². The molecular formula is C29H31N3O6S. The lowest BCUT2D eigenvalue weighted by atomic mass is 9.90. The van der Waals surface area contributed by atoms with Crippen molar-refractivity contribution in [3.05, 3.63) is 76.3 Å². The Morgan fingerprint density at radius 1 is 1.08 bits per heavy atom. The molecule has 5 rings (SSSR count). The normalized spacial score (nSPS) is 18.8. The van der Waals surface area contributed by atoms with Gasteiger partial charge in [-0.15, -0.1) is 0 Å². The summed E-state index contributed by atoms with van der Waals surface area (Å²) in [6.07, 6.45) is 0.158. The number of morpholine rings is 1. The number of ether oxygens (including phenoxy) is 4. The van der Waals surface area contributed by atoms with Crippen molar-refractivity contribution in [3.63, 3.8) is 0 Å². The minimum Gasteiger partial charge on any atom is -0.497 e. The lowest BCUT2D eigenvalue weighted by Crippen LogP contribution is -2.42. The molecule has 1 saturated heterocycles. The molecule has 0 spiro atoms. The van der Waals surface area contributed by atoms with E-state index in [2.05, 4.69) is 0 Å². The van der Waals surface area contributed by atoms with Crippen LogP contribution in [0.25, 0.3) is 5.70 Å². The van der Waals surface area contributed by atoms with Crippen LogP contribution in [0.4, 0.5) is 0 Å². The van der Waals surface area contributed by atoms with Gasteiger partial charge in [-0.05, 0) is 30.5 Å². The van der Waals surface area contributed by atoms with Crippen LogP contribution in [0.15, 0.2) is 70.2 Å². The van der Waals surface area contributed by atoms with Gasteiger partial charge in [-0.1, -0.05) is 42.1 Å². The summed E-state index contributed by atoms with van der Waals surface area (Å²) in [4.78, 5) is 35.8. The van der Waals surface area contributed by atoms with Gasteiger partial charge in [0.1, 0.15) is 11.5 Å². The number of methoxy groups -OCH3 is 2. The standard InChI is InChI=1S/C29H31N3O6S/c1-4-38-28(34)25-26(19-8-6-5-7-9-19)30-29-32(27(25)22-17-21(35-2)10-11-23(22)36-3)20(18-39-29)16-24(33)31-12-14-37-15-13-31/h5-11,17-18,27H,4,12-16H2,1-3H3/t27-/m1/s1. The second-order valence-electron chi connectivity index (χ2n) is 9.02. The van der Waals surface area contributed by atoms with E-state index in [1.54, 1.807) is 21.1 Å². The molecule has 0 radical (unpaired) electrons. The highest BCUT2D eigenvalue weighted by atomic mass is 32.2. The molecule has 2 aromatic carbocycles.